The molecule has 0 amide bonds. The molecule has 6 heteroatoms. The molecule has 1 fully saturated rings. The maximum atomic E-state index is 9.25. The zero-order valence-corrected chi connectivity index (χ0v) is 23.2. The molecule has 1 aromatic carbocycles. The van der Waals surface area contributed by atoms with Gasteiger partial charge in [-0.05, 0) is 70.7 Å². The summed E-state index contributed by atoms with van der Waals surface area (Å²) >= 11 is 0. The van der Waals surface area contributed by atoms with E-state index in [1.165, 1.54) is 12.8 Å². The Kier molecular flexibility index (Phi) is 12.2. The lowest BCUT2D eigenvalue weighted by Crippen LogP contribution is -2.29. The zero-order valence-electron chi connectivity index (χ0n) is 23.2. The topological polar surface area (TPSA) is 92.6 Å². The number of aliphatic imine (C=N–C) groups is 1. The van der Waals surface area contributed by atoms with E-state index in [1.54, 1.807) is 0 Å². The minimum atomic E-state index is -0.350. The fourth-order valence-electron chi connectivity index (χ4n) is 3.75. The van der Waals surface area contributed by atoms with Gasteiger partial charge in [-0.2, -0.15) is 10.2 Å². The van der Waals surface area contributed by atoms with Gasteiger partial charge >= 0.3 is 0 Å². The summed E-state index contributed by atoms with van der Waals surface area (Å²) in [5.74, 6) is 4.76. The number of hydrogen-bond donors (Lipinski definition) is 2. The van der Waals surface area contributed by atoms with Crippen LogP contribution in [0.1, 0.15) is 71.4 Å². The highest BCUT2D eigenvalue weighted by molar-refractivity contribution is 6.25. The third kappa shape index (κ3) is 8.96. The summed E-state index contributed by atoms with van der Waals surface area (Å²) in [4.78, 5) is 4.44. The van der Waals surface area contributed by atoms with E-state index in [0.29, 0.717) is 23.8 Å². The van der Waals surface area contributed by atoms with Crippen molar-refractivity contribution in [3.63, 3.8) is 0 Å². The van der Waals surface area contributed by atoms with E-state index in [9.17, 15) is 5.11 Å². The number of rotatable bonds is 13. The van der Waals surface area contributed by atoms with Gasteiger partial charge in [-0.1, -0.05) is 38.0 Å². The smallest absolute Gasteiger partial charge is 0.136 e. The van der Waals surface area contributed by atoms with Crippen molar-refractivity contribution in [1.82, 2.24) is 0 Å². The maximum Gasteiger partial charge on any atom is 0.136 e. The van der Waals surface area contributed by atoms with Crippen LogP contribution in [0.2, 0.25) is 0 Å². The van der Waals surface area contributed by atoms with Gasteiger partial charge in [0.05, 0.1) is 11.4 Å². The number of terminal acetylenes is 1. The molecule has 1 aromatic rings. The summed E-state index contributed by atoms with van der Waals surface area (Å²) in [5, 5.41) is 18.4. The standard InChI is InChI=1S/C31H42N4O2/c1-8-11-12-27(31(21(4)9-2)35-34-23(6)28(32)17-18-36)26-16-13-24(10-3)20-30(26)37-22(5)19-29(33-7)25-14-15-25/h3,8,11-13,16,19-21,25,28,36H,9,14-15,17-18,32H2,1-2,4-7H3/b11-8-,22-19+,27-12-,33-29?,34-23+,35-31+. The fraction of sp³-hybridized carbons (Fsp3) is 0.452. The van der Waals surface area contributed by atoms with Gasteiger partial charge in [-0.15, -0.1) is 6.42 Å². The second-order valence-corrected chi connectivity index (χ2v) is 9.40. The summed E-state index contributed by atoms with van der Waals surface area (Å²) in [6.07, 6.45) is 17.4. The lowest BCUT2D eigenvalue weighted by atomic mass is 9.90. The van der Waals surface area contributed by atoms with Crippen molar-refractivity contribution in [3.8, 4) is 18.1 Å². The Morgan fingerprint density at radius 1 is 1.30 bits per heavy atom. The van der Waals surface area contributed by atoms with Crippen LogP contribution in [0.3, 0.4) is 0 Å². The van der Waals surface area contributed by atoms with E-state index in [0.717, 1.165) is 40.3 Å². The van der Waals surface area contributed by atoms with Gasteiger partial charge in [0.15, 0.2) is 0 Å². The van der Waals surface area contributed by atoms with Crippen molar-refractivity contribution in [3.05, 3.63) is 59.4 Å². The number of ether oxygens (including phenoxy) is 1. The Morgan fingerprint density at radius 2 is 2.03 bits per heavy atom. The molecule has 3 N–H and O–H groups in total. The second kappa shape index (κ2) is 15.1. The molecule has 0 spiro atoms. The van der Waals surface area contributed by atoms with Gasteiger partial charge in [0.25, 0.3) is 0 Å². The molecule has 6 nitrogen and oxygen atoms in total. The van der Waals surface area contributed by atoms with E-state index in [2.05, 4.69) is 29.9 Å². The minimum Gasteiger partial charge on any atom is -0.461 e. The average molecular weight is 503 g/mol. The highest BCUT2D eigenvalue weighted by Crippen LogP contribution is 2.34. The van der Waals surface area contributed by atoms with Gasteiger partial charge in [0.1, 0.15) is 11.5 Å². The van der Waals surface area contributed by atoms with E-state index < -0.39 is 0 Å². The molecule has 37 heavy (non-hydrogen) atoms. The van der Waals surface area contributed by atoms with Crippen molar-refractivity contribution >= 4 is 22.7 Å². The van der Waals surface area contributed by atoms with Crippen molar-refractivity contribution in [2.75, 3.05) is 13.7 Å². The largest absolute Gasteiger partial charge is 0.461 e. The predicted octanol–water partition coefficient (Wildman–Crippen LogP) is 5.96. The van der Waals surface area contributed by atoms with Crippen LogP contribution in [-0.4, -0.2) is 41.9 Å². The molecule has 1 saturated carbocycles. The first-order chi connectivity index (χ1) is 17.8. The molecule has 0 saturated heterocycles. The molecule has 2 rings (SSSR count). The van der Waals surface area contributed by atoms with Crippen LogP contribution >= 0.6 is 0 Å². The molecule has 0 heterocycles. The lowest BCUT2D eigenvalue weighted by molar-refractivity contribution is 0.285. The van der Waals surface area contributed by atoms with Crippen LogP contribution in [-0.2, 0) is 0 Å². The van der Waals surface area contributed by atoms with Gasteiger partial charge in [0, 0.05) is 53.9 Å². The van der Waals surface area contributed by atoms with Crippen LogP contribution in [0.25, 0.3) is 5.57 Å². The van der Waals surface area contributed by atoms with Crippen LogP contribution < -0.4 is 10.5 Å². The predicted molar refractivity (Wildman–Crippen MR) is 157 cm³/mol. The first kappa shape index (κ1) is 30.0. The third-order valence-electron chi connectivity index (χ3n) is 6.42. The molecule has 0 aliphatic heterocycles. The Balaban J connectivity index is 2.64. The molecule has 0 bridgehead atoms. The first-order valence-electron chi connectivity index (χ1n) is 13.0. The van der Waals surface area contributed by atoms with Crippen molar-refractivity contribution in [2.45, 2.75) is 66.3 Å². The van der Waals surface area contributed by atoms with Crippen LogP contribution in [0.4, 0.5) is 0 Å². The number of allylic oxidation sites excluding steroid dienone is 6. The van der Waals surface area contributed by atoms with Crippen LogP contribution in [0.15, 0.2) is 63.5 Å². The van der Waals surface area contributed by atoms with E-state index in [4.69, 9.17) is 22.0 Å². The van der Waals surface area contributed by atoms with Crippen molar-refractivity contribution in [2.24, 2.45) is 32.8 Å². The zero-order chi connectivity index (χ0) is 27.4. The molecule has 1 aliphatic carbocycles. The summed E-state index contributed by atoms with van der Waals surface area (Å²) in [5.41, 5.74) is 11.2. The van der Waals surface area contributed by atoms with E-state index >= 15 is 0 Å². The van der Waals surface area contributed by atoms with Crippen LogP contribution in [0, 0.1) is 24.2 Å². The molecule has 2 unspecified atom stereocenters. The normalized spacial score (nSPS) is 17.6. The molecule has 0 radical (unpaired) electrons. The average Bonchev–Trinajstić information content (AvgIpc) is 3.74. The van der Waals surface area contributed by atoms with Gasteiger partial charge < -0.3 is 15.6 Å². The number of aliphatic hydroxyl groups is 1. The van der Waals surface area contributed by atoms with E-state index in [1.807, 2.05) is 70.3 Å². The molecule has 2 atom stereocenters. The highest BCUT2D eigenvalue weighted by atomic mass is 16.5. The first-order valence-corrected chi connectivity index (χ1v) is 13.0. The van der Waals surface area contributed by atoms with Crippen LogP contribution in [0.5, 0.6) is 5.75 Å². The lowest BCUT2D eigenvalue weighted by Gasteiger charge is -2.19. The highest BCUT2D eigenvalue weighted by Gasteiger charge is 2.26. The van der Waals surface area contributed by atoms with Crippen molar-refractivity contribution < 1.29 is 9.84 Å². The molecule has 0 aromatic heterocycles. The summed E-state index contributed by atoms with van der Waals surface area (Å²) < 4.78 is 6.40. The maximum absolute atomic E-state index is 9.25. The number of benzene rings is 1. The summed E-state index contributed by atoms with van der Waals surface area (Å²) in [7, 11) is 1.82. The quantitative estimate of drug-likeness (QED) is 0.115. The molecular weight excluding hydrogens is 460 g/mol. The SMILES string of the molecule is C#Cc1ccc(C(=C/C=C\C)/C(=N/N=C(\C)C(N)CCO)C(C)CC)c(O/C(C)=C/C(=NC)C2CC2)c1. The Morgan fingerprint density at radius 3 is 2.59 bits per heavy atom. The van der Waals surface area contributed by atoms with E-state index in [-0.39, 0.29) is 18.6 Å². The monoisotopic (exact) mass is 502 g/mol. The van der Waals surface area contributed by atoms with Gasteiger partial charge in [-0.25, -0.2) is 0 Å². The third-order valence-corrected chi connectivity index (χ3v) is 6.42. The summed E-state index contributed by atoms with van der Waals surface area (Å²) in [6, 6.07) is 5.43. The molecular formula is C31H42N4O2. The number of nitrogens with zero attached hydrogens (tertiary/aromatic N) is 3. The number of aliphatic hydroxyl groups excluding tert-OH is 1. The second-order valence-electron chi connectivity index (χ2n) is 9.40. The van der Waals surface area contributed by atoms with Crippen molar-refractivity contribution in [1.29, 1.82) is 0 Å². The summed E-state index contributed by atoms with van der Waals surface area (Å²) in [6.45, 7) is 10.0. The Hall–Kier alpha value is -3.27. The molecule has 1 aliphatic rings. The minimum absolute atomic E-state index is 0.00268. The van der Waals surface area contributed by atoms with Gasteiger partial charge in [-0.3, -0.25) is 4.99 Å². The Bertz CT molecular complexity index is 1140. The number of nitrogens with two attached hydrogens (primary N) is 1. The fourth-order valence-corrected chi connectivity index (χ4v) is 3.75. The Labute approximate surface area is 222 Å². The number of hydrogen-bond acceptors (Lipinski definition) is 6. The molecule has 198 valence electrons. The van der Waals surface area contributed by atoms with Gasteiger partial charge in [0.2, 0.25) is 0 Å².